The summed E-state index contributed by atoms with van der Waals surface area (Å²) in [7, 11) is 3.90. The van der Waals surface area contributed by atoms with Crippen LogP contribution in [0, 0.1) is 0 Å². The van der Waals surface area contributed by atoms with E-state index in [0.717, 1.165) is 13.1 Å². The molecule has 1 N–H and O–H groups in total. The van der Waals surface area contributed by atoms with Crippen molar-refractivity contribution in [2.75, 3.05) is 33.2 Å². The van der Waals surface area contributed by atoms with Gasteiger partial charge >= 0.3 is 0 Å². The zero-order valence-electron chi connectivity index (χ0n) is 15.3. The first-order chi connectivity index (χ1) is 13.6. The van der Waals surface area contributed by atoms with Crippen molar-refractivity contribution in [2.45, 2.75) is 0 Å². The molecule has 0 aliphatic carbocycles. The number of H-pyrrole nitrogens is 1. The number of piperazine rings is 1. The van der Waals surface area contributed by atoms with Gasteiger partial charge in [-0.2, -0.15) is 5.10 Å². The summed E-state index contributed by atoms with van der Waals surface area (Å²) in [5, 5.41) is 4.15. The van der Waals surface area contributed by atoms with Crippen LogP contribution in [0.25, 0.3) is 16.9 Å². The average molecular weight is 401 g/mol. The van der Waals surface area contributed by atoms with Gasteiger partial charge in [-0.3, -0.25) is 14.4 Å². The highest BCUT2D eigenvalue weighted by Gasteiger charge is 2.28. The molecule has 0 spiro atoms. The molecule has 4 heterocycles. The summed E-state index contributed by atoms with van der Waals surface area (Å²) in [6.45, 7) is 2.63. The highest BCUT2D eigenvalue weighted by molar-refractivity contribution is 7.36. The number of aromatic amines is 1. The zero-order chi connectivity index (χ0) is 20.1. The molecule has 11 heteroatoms. The third kappa shape index (κ3) is 3.97. The van der Waals surface area contributed by atoms with Crippen molar-refractivity contribution < 1.29 is 14.4 Å². The van der Waals surface area contributed by atoms with Crippen molar-refractivity contribution >= 4 is 38.0 Å². The van der Waals surface area contributed by atoms with Crippen molar-refractivity contribution in [3.05, 3.63) is 36.5 Å². The lowest BCUT2D eigenvalue weighted by atomic mass is 10.1. The Morgan fingerprint density at radius 2 is 1.93 bits per heavy atom. The minimum atomic E-state index is -0.555. The van der Waals surface area contributed by atoms with Crippen molar-refractivity contribution in [2.24, 2.45) is 0 Å². The first kappa shape index (κ1) is 19.8. The van der Waals surface area contributed by atoms with Crippen molar-refractivity contribution in [1.82, 2.24) is 34.5 Å². The molecule has 0 aromatic carbocycles. The number of amides is 1. The van der Waals surface area contributed by atoms with Gasteiger partial charge in [-0.25, -0.2) is 14.6 Å². The second-order valence-electron chi connectivity index (χ2n) is 6.13. The first-order valence-corrected chi connectivity index (χ1v) is 9.23. The molecule has 1 atom stereocenters. The Morgan fingerprint density at radius 1 is 1.21 bits per heavy atom. The number of hydrogen-bond acceptors (Lipinski definition) is 7. The molecule has 3 aromatic rings. The number of rotatable bonds is 3. The van der Waals surface area contributed by atoms with Gasteiger partial charge in [0, 0.05) is 44.8 Å². The molecule has 0 bridgehead atoms. The van der Waals surface area contributed by atoms with Crippen LogP contribution in [0.3, 0.4) is 0 Å². The fraction of sp³-hybridized carbons (Fsp3) is 0.294. The minimum absolute atomic E-state index is 0.259. The van der Waals surface area contributed by atoms with Crippen LogP contribution in [-0.4, -0.2) is 85.5 Å². The fourth-order valence-corrected chi connectivity index (χ4v) is 2.94. The molecule has 1 fully saturated rings. The van der Waals surface area contributed by atoms with E-state index in [1.165, 1.54) is 12.5 Å². The number of likely N-dealkylation sites (N-methyl/N-ethyl adjacent to an activating group) is 1. The monoisotopic (exact) mass is 401 g/mol. The maximum Gasteiger partial charge on any atom is 0.295 e. The Hall–Kier alpha value is -2.97. The normalized spacial score (nSPS) is 14.4. The topological polar surface area (TPSA) is 117 Å². The number of hydrogen-bond donors (Lipinski definition) is 1. The van der Waals surface area contributed by atoms with Crippen molar-refractivity contribution in [3.8, 4) is 5.82 Å². The quantitative estimate of drug-likeness (QED) is 0.287. The maximum atomic E-state index is 12.7. The lowest BCUT2D eigenvalue weighted by molar-refractivity contribution is -0.127. The third-order valence-electron chi connectivity index (χ3n) is 4.39. The van der Waals surface area contributed by atoms with E-state index in [4.69, 9.17) is 4.79 Å². The number of fused-ring (bicyclic) bond motifs is 1. The summed E-state index contributed by atoms with van der Waals surface area (Å²) >= 11 is 0. The van der Waals surface area contributed by atoms with Gasteiger partial charge in [0.25, 0.3) is 11.7 Å². The number of carbonyl (C=O) groups excluding carboxylic acids is 3. The van der Waals surface area contributed by atoms with E-state index in [2.05, 4.69) is 25.0 Å². The molecule has 146 valence electrons. The Bertz CT molecular complexity index is 978. The number of nitrogens with zero attached hydrogens (tertiary/aromatic N) is 6. The molecule has 0 radical (unpaired) electrons. The van der Waals surface area contributed by atoms with Gasteiger partial charge in [-0.1, -0.05) is 9.24 Å². The minimum Gasteiger partial charge on any atom is -0.356 e. The van der Waals surface area contributed by atoms with Crippen LogP contribution in [0.15, 0.2) is 31.0 Å². The summed E-state index contributed by atoms with van der Waals surface area (Å²) < 4.78 is 1.58. The summed E-state index contributed by atoms with van der Waals surface area (Å²) in [6, 6.07) is 2.44. The lowest BCUT2D eigenvalue weighted by Crippen LogP contribution is -2.49. The number of Topliss-reactive ketones (excluding diaryl/α,β-unsaturated/α-hetero) is 1. The highest BCUT2D eigenvalue weighted by atomic mass is 31.0. The molecular formula is C17H20N7O3P. The van der Waals surface area contributed by atoms with Gasteiger partial charge in [-0.05, 0) is 13.1 Å². The molecule has 4 rings (SSSR count). The molecule has 1 unspecified atom stereocenters. The molecule has 3 aromatic heterocycles. The van der Waals surface area contributed by atoms with E-state index in [-0.39, 0.29) is 5.56 Å². The molecule has 1 aliphatic rings. The van der Waals surface area contributed by atoms with E-state index >= 15 is 0 Å². The van der Waals surface area contributed by atoms with E-state index < -0.39 is 11.7 Å². The summed E-state index contributed by atoms with van der Waals surface area (Å²) in [4.78, 5) is 49.1. The smallest absolute Gasteiger partial charge is 0.295 e. The highest BCUT2D eigenvalue weighted by Crippen LogP contribution is 2.21. The van der Waals surface area contributed by atoms with E-state index in [9.17, 15) is 9.59 Å². The zero-order valence-corrected chi connectivity index (χ0v) is 16.4. The van der Waals surface area contributed by atoms with Gasteiger partial charge in [-0.15, -0.1) is 0 Å². The van der Waals surface area contributed by atoms with Crippen molar-refractivity contribution in [3.63, 3.8) is 0 Å². The fourth-order valence-electron chi connectivity index (χ4n) is 2.94. The molecule has 1 amide bonds. The van der Waals surface area contributed by atoms with E-state index in [1.807, 2.05) is 16.3 Å². The summed E-state index contributed by atoms with van der Waals surface area (Å²) in [5.74, 6) is -0.518. The predicted molar refractivity (Wildman–Crippen MR) is 106 cm³/mol. The SMILES string of the molecule is CN1CCN(C(=O)C(=O)c2c[nH]c3c(-n4cccn4)ncnc23)CC1.O=CP. The molecule has 28 heavy (non-hydrogen) atoms. The Morgan fingerprint density at radius 3 is 2.57 bits per heavy atom. The molecule has 1 saturated heterocycles. The number of ketones is 1. The second kappa shape index (κ2) is 8.81. The molecule has 1 aliphatic heterocycles. The van der Waals surface area contributed by atoms with Crippen LogP contribution in [0.4, 0.5) is 0 Å². The van der Waals surface area contributed by atoms with Crippen LogP contribution in [-0.2, 0) is 9.59 Å². The van der Waals surface area contributed by atoms with Gasteiger partial charge in [0.1, 0.15) is 23.4 Å². The summed E-state index contributed by atoms with van der Waals surface area (Å²) in [6.07, 6.45) is 6.27. The van der Waals surface area contributed by atoms with E-state index in [1.54, 1.807) is 28.0 Å². The van der Waals surface area contributed by atoms with E-state index in [0.29, 0.717) is 36.0 Å². The molecule has 10 nitrogen and oxygen atoms in total. The Balaban J connectivity index is 0.000000706. The van der Waals surface area contributed by atoms with Crippen molar-refractivity contribution in [1.29, 1.82) is 0 Å². The average Bonchev–Trinajstić information content (AvgIpc) is 3.38. The van der Waals surface area contributed by atoms with Gasteiger partial charge in [0.05, 0.1) is 5.56 Å². The number of aromatic nitrogens is 5. The second-order valence-corrected chi connectivity index (χ2v) is 6.41. The Labute approximate surface area is 163 Å². The van der Waals surface area contributed by atoms with Crippen LogP contribution in [0.1, 0.15) is 10.4 Å². The maximum absolute atomic E-state index is 12.7. The van der Waals surface area contributed by atoms with Gasteiger partial charge in [0.2, 0.25) is 0 Å². The molecular weight excluding hydrogens is 381 g/mol. The first-order valence-electron chi connectivity index (χ1n) is 8.56. The van der Waals surface area contributed by atoms with Gasteiger partial charge < -0.3 is 14.8 Å². The van der Waals surface area contributed by atoms with Gasteiger partial charge in [0.15, 0.2) is 5.82 Å². The predicted octanol–water partition coefficient (Wildman–Crippen LogP) is 0.152. The standard InChI is InChI=1S/C16H17N7O2.CH3OP/c1-21-5-7-22(8-6-21)16(25)14(24)11-9-17-13-12(11)18-10-19-15(13)23-4-2-3-20-23;2-1-3/h2-4,9-10,17H,5-8H2,1H3;1H,3H2. The van der Waals surface area contributed by atoms with Crippen LogP contribution in [0.5, 0.6) is 0 Å². The van der Waals surface area contributed by atoms with Crippen LogP contribution >= 0.6 is 9.24 Å². The third-order valence-corrected chi connectivity index (χ3v) is 4.39. The number of carbonyl (C=O) groups is 3. The number of nitrogens with one attached hydrogen (secondary N) is 1. The van der Waals surface area contributed by atoms with Crippen LogP contribution in [0.2, 0.25) is 0 Å². The lowest BCUT2D eigenvalue weighted by Gasteiger charge is -2.31. The largest absolute Gasteiger partial charge is 0.356 e. The molecule has 0 saturated carbocycles. The van der Waals surface area contributed by atoms with Crippen LogP contribution < -0.4 is 0 Å². The summed E-state index contributed by atoms with van der Waals surface area (Å²) in [5.41, 5.74) is 1.25. The Kier molecular flexibility index (Phi) is 6.23.